The molecule has 0 saturated carbocycles. The molecule has 0 aliphatic carbocycles. The van der Waals surface area contributed by atoms with Crippen molar-refractivity contribution in [1.82, 2.24) is 25.1 Å². The van der Waals surface area contributed by atoms with Gasteiger partial charge in [0, 0.05) is 0 Å². The fraction of sp³-hybridized carbons (Fsp3) is 0. The number of aromatic nitrogens is 5. The summed E-state index contributed by atoms with van der Waals surface area (Å²) in [6.07, 6.45) is 0. The van der Waals surface area contributed by atoms with Crippen molar-refractivity contribution in [2.24, 2.45) is 0 Å². The Morgan fingerprint density at radius 3 is 2.00 bits per heavy atom. The molecule has 3 heterocycles. The molecule has 0 atom stereocenters. The minimum atomic E-state index is 0.418. The number of hydrogen-bond acceptors (Lipinski definition) is 10. The zero-order chi connectivity index (χ0) is 19.2. The molecule has 0 radical (unpaired) electrons. The zero-order valence-corrected chi connectivity index (χ0v) is 17.9. The Hall–Kier alpha value is -1.66. The molecule has 0 saturated heterocycles. The molecule has 0 spiro atoms. The number of oxazole rings is 1. The summed E-state index contributed by atoms with van der Waals surface area (Å²) in [5.74, 6) is 0. The van der Waals surface area contributed by atoms with Crippen LogP contribution in [0.2, 0.25) is 0 Å². The second kappa shape index (κ2) is 9.51. The van der Waals surface area contributed by atoms with E-state index in [4.69, 9.17) is 4.42 Å². The SMILES string of the molecule is Sc1nc2ccccc2[nH]1.Sc1nc2ccccc2o1.Sc1nnc(S)s1. The largest absolute Gasteiger partial charge is 0.432 e. The van der Waals surface area contributed by atoms with E-state index in [2.05, 4.69) is 75.7 Å². The van der Waals surface area contributed by atoms with Crippen molar-refractivity contribution >= 4 is 84.0 Å². The molecule has 3 aromatic heterocycles. The van der Waals surface area contributed by atoms with Crippen molar-refractivity contribution in [3.8, 4) is 0 Å². The van der Waals surface area contributed by atoms with E-state index in [-0.39, 0.29) is 0 Å². The van der Waals surface area contributed by atoms with Crippen LogP contribution >= 0.6 is 61.9 Å². The van der Waals surface area contributed by atoms with Crippen LogP contribution in [0.25, 0.3) is 22.1 Å². The number of imidazole rings is 1. The lowest BCUT2D eigenvalue weighted by molar-refractivity contribution is 0.492. The number of benzene rings is 2. The fourth-order valence-corrected chi connectivity index (χ4v) is 3.59. The molecule has 6 nitrogen and oxygen atoms in total. The van der Waals surface area contributed by atoms with Gasteiger partial charge >= 0.3 is 0 Å². The zero-order valence-electron chi connectivity index (χ0n) is 13.5. The first kappa shape index (κ1) is 20.1. The van der Waals surface area contributed by atoms with Crippen LogP contribution in [0.5, 0.6) is 0 Å². The maximum atomic E-state index is 5.12. The molecule has 0 fully saturated rings. The van der Waals surface area contributed by atoms with Crippen molar-refractivity contribution < 1.29 is 4.42 Å². The first-order chi connectivity index (χ1) is 13.0. The first-order valence-electron chi connectivity index (χ1n) is 7.41. The molecule has 0 bridgehead atoms. The third kappa shape index (κ3) is 5.91. The van der Waals surface area contributed by atoms with Gasteiger partial charge in [0.05, 0.1) is 11.0 Å². The van der Waals surface area contributed by atoms with Crippen molar-refractivity contribution in [2.45, 2.75) is 19.1 Å². The Kier molecular flexibility index (Phi) is 7.07. The smallest absolute Gasteiger partial charge is 0.253 e. The summed E-state index contributed by atoms with van der Waals surface area (Å²) in [6.45, 7) is 0. The maximum absolute atomic E-state index is 5.12. The number of aromatic amines is 1. The number of hydrogen-bond donors (Lipinski definition) is 5. The average Bonchev–Trinajstić information content (AvgIpc) is 3.32. The number of nitrogens with zero attached hydrogens (tertiary/aromatic N) is 4. The second-order valence-electron chi connectivity index (χ2n) is 4.91. The van der Waals surface area contributed by atoms with Crippen molar-refractivity contribution in [3.63, 3.8) is 0 Å². The van der Waals surface area contributed by atoms with Crippen molar-refractivity contribution in [2.75, 3.05) is 0 Å². The maximum Gasteiger partial charge on any atom is 0.253 e. The highest BCUT2D eigenvalue weighted by atomic mass is 32.2. The van der Waals surface area contributed by atoms with Crippen LogP contribution in [0.15, 0.2) is 72.0 Å². The Morgan fingerprint density at radius 2 is 1.41 bits per heavy atom. The molecule has 11 heteroatoms. The van der Waals surface area contributed by atoms with Gasteiger partial charge in [0.15, 0.2) is 19.4 Å². The quantitative estimate of drug-likeness (QED) is 0.212. The average molecular weight is 452 g/mol. The van der Waals surface area contributed by atoms with Gasteiger partial charge in [-0.05, 0) is 24.3 Å². The standard InChI is InChI=1S/C7H6N2S.C7H5NOS.C2H2N2S3/c2*10-7-8-5-3-1-2-4-6(5)9-7;5-1-3-4-2(6)7-1/h1-4H,(H2,8,9,10);1-4H,(H,8,10);(H,3,5)(H,4,6). The summed E-state index contributed by atoms with van der Waals surface area (Å²) in [4.78, 5) is 11.1. The summed E-state index contributed by atoms with van der Waals surface area (Å²) < 4.78 is 6.44. The van der Waals surface area contributed by atoms with E-state index in [9.17, 15) is 0 Å². The van der Waals surface area contributed by atoms with Gasteiger partial charge in [-0.15, -0.1) is 48.1 Å². The molecule has 0 amide bonds. The van der Waals surface area contributed by atoms with Crippen molar-refractivity contribution in [3.05, 3.63) is 48.5 Å². The molecule has 0 aliphatic heterocycles. The van der Waals surface area contributed by atoms with E-state index in [1.165, 1.54) is 11.3 Å². The molecule has 5 aromatic rings. The molecule has 0 aliphatic rings. The molecule has 1 N–H and O–H groups in total. The number of H-pyrrole nitrogens is 1. The minimum Gasteiger partial charge on any atom is -0.432 e. The Balaban J connectivity index is 0.000000119. The van der Waals surface area contributed by atoms with E-state index in [1.54, 1.807) is 0 Å². The number of thiol groups is 4. The summed E-state index contributed by atoms with van der Waals surface area (Å²) in [7, 11) is 0. The van der Waals surface area contributed by atoms with Crippen LogP contribution in [0.3, 0.4) is 0 Å². The van der Waals surface area contributed by atoms with E-state index in [1.807, 2.05) is 48.5 Å². The highest BCUT2D eigenvalue weighted by Crippen LogP contribution is 2.16. The third-order valence-corrected chi connectivity index (χ3v) is 4.72. The van der Waals surface area contributed by atoms with E-state index >= 15 is 0 Å². The van der Waals surface area contributed by atoms with Gasteiger partial charge in [-0.3, -0.25) is 0 Å². The van der Waals surface area contributed by atoms with Gasteiger partial charge in [-0.2, -0.15) is 0 Å². The van der Waals surface area contributed by atoms with E-state index < -0.39 is 0 Å². The van der Waals surface area contributed by atoms with Gasteiger partial charge in [-0.1, -0.05) is 48.2 Å². The monoisotopic (exact) mass is 451 g/mol. The predicted octanol–water partition coefficient (Wildman–Crippen LogP) is 5.08. The first-order valence-corrected chi connectivity index (χ1v) is 10.0. The van der Waals surface area contributed by atoms with Gasteiger partial charge in [0.25, 0.3) is 5.22 Å². The van der Waals surface area contributed by atoms with Crippen molar-refractivity contribution in [1.29, 1.82) is 0 Å². The number of nitrogens with one attached hydrogen (secondary N) is 1. The summed E-state index contributed by atoms with van der Waals surface area (Å²) in [6, 6.07) is 15.4. The normalized spacial score (nSPS) is 10.2. The lowest BCUT2D eigenvalue weighted by Gasteiger charge is -1.81. The third-order valence-electron chi connectivity index (χ3n) is 3.06. The van der Waals surface area contributed by atoms with Gasteiger partial charge in [0.2, 0.25) is 0 Å². The summed E-state index contributed by atoms with van der Waals surface area (Å²) in [5.41, 5.74) is 3.64. The molecule has 5 rings (SSSR count). The summed E-state index contributed by atoms with van der Waals surface area (Å²) in [5, 5.41) is 8.23. The highest BCUT2D eigenvalue weighted by molar-refractivity contribution is 7.85. The van der Waals surface area contributed by atoms with Gasteiger partial charge in [-0.25, -0.2) is 9.97 Å². The molecule has 27 heavy (non-hydrogen) atoms. The Labute approximate surface area is 180 Å². The molecular weight excluding hydrogens is 439 g/mol. The van der Waals surface area contributed by atoms with Gasteiger partial charge in [0.1, 0.15) is 5.52 Å². The lowest BCUT2D eigenvalue weighted by atomic mass is 10.3. The molecule has 0 unspecified atom stereocenters. The lowest BCUT2D eigenvalue weighted by Crippen LogP contribution is -1.63. The highest BCUT2D eigenvalue weighted by Gasteiger charge is 1.98. The second-order valence-corrected chi connectivity index (χ2v) is 8.14. The molecule has 138 valence electrons. The van der Waals surface area contributed by atoms with Crippen LogP contribution in [-0.2, 0) is 0 Å². The van der Waals surface area contributed by atoms with Crippen LogP contribution in [-0.4, -0.2) is 25.1 Å². The van der Waals surface area contributed by atoms with E-state index in [0.717, 1.165) is 22.1 Å². The molecular formula is C16H13N5OS5. The number of para-hydroxylation sites is 4. The predicted molar refractivity (Wildman–Crippen MR) is 119 cm³/mol. The fourth-order valence-electron chi connectivity index (χ4n) is 2.01. The minimum absolute atomic E-state index is 0.418. The van der Waals surface area contributed by atoms with Crippen LogP contribution in [0, 0.1) is 0 Å². The number of fused-ring (bicyclic) bond motifs is 2. The Bertz CT molecular complexity index is 998. The topological polar surface area (TPSA) is 80.5 Å². The Morgan fingerprint density at radius 1 is 0.778 bits per heavy atom. The van der Waals surface area contributed by atoms with E-state index in [0.29, 0.717) is 19.1 Å². The van der Waals surface area contributed by atoms with Crippen LogP contribution in [0.4, 0.5) is 0 Å². The molecule has 2 aromatic carbocycles. The number of rotatable bonds is 0. The summed E-state index contributed by atoms with van der Waals surface area (Å²) >= 11 is 17.2. The van der Waals surface area contributed by atoms with Crippen LogP contribution in [0.1, 0.15) is 0 Å². The van der Waals surface area contributed by atoms with Gasteiger partial charge < -0.3 is 9.40 Å². The van der Waals surface area contributed by atoms with Crippen LogP contribution < -0.4 is 0 Å².